The van der Waals surface area contributed by atoms with Crippen LogP contribution in [0.5, 0.6) is 5.75 Å². The molecule has 0 saturated heterocycles. The van der Waals surface area contributed by atoms with Gasteiger partial charge >= 0.3 is 5.91 Å². The van der Waals surface area contributed by atoms with Gasteiger partial charge in [-0.25, -0.2) is 5.43 Å². The molecule has 0 aliphatic rings. The quantitative estimate of drug-likeness (QED) is 0.674. The van der Waals surface area contributed by atoms with Crippen molar-refractivity contribution < 1.29 is 14.3 Å². The van der Waals surface area contributed by atoms with Crippen LogP contribution in [-0.2, 0) is 0 Å². The maximum atomic E-state index is 11.6. The predicted octanol–water partition coefficient (Wildman–Crippen LogP) is 2.82. The Morgan fingerprint density at radius 2 is 2.21 bits per heavy atom. The number of nitrogens with one attached hydrogen (secondary N) is 1. The lowest BCUT2D eigenvalue weighted by Gasteiger charge is -1.98. The minimum Gasteiger partial charge on any atom is -0.507 e. The molecule has 0 radical (unpaired) electrons. The Bertz CT molecular complexity index is 635. The Labute approximate surface area is 118 Å². The van der Waals surface area contributed by atoms with Gasteiger partial charge in [0.25, 0.3) is 0 Å². The summed E-state index contributed by atoms with van der Waals surface area (Å²) in [6.45, 7) is 1.76. The molecule has 1 heterocycles. The van der Waals surface area contributed by atoms with Gasteiger partial charge in [0.15, 0.2) is 5.76 Å². The Hall–Kier alpha value is -2.08. The Morgan fingerprint density at radius 1 is 1.42 bits per heavy atom. The summed E-state index contributed by atoms with van der Waals surface area (Å²) < 4.78 is 5.72. The SMILES string of the molecule is Cc1ccc(C(=O)NN=Cc2ccc(O)c(Br)c2)o1. The zero-order valence-electron chi connectivity index (χ0n) is 10.1. The number of amides is 1. The highest BCUT2D eigenvalue weighted by molar-refractivity contribution is 9.10. The van der Waals surface area contributed by atoms with Gasteiger partial charge in [0, 0.05) is 0 Å². The van der Waals surface area contributed by atoms with Crippen molar-refractivity contribution in [2.24, 2.45) is 5.10 Å². The second-order valence-electron chi connectivity index (χ2n) is 3.82. The van der Waals surface area contributed by atoms with Crippen LogP contribution in [0.3, 0.4) is 0 Å². The lowest BCUT2D eigenvalue weighted by molar-refractivity contribution is 0.0926. The van der Waals surface area contributed by atoms with Crippen LogP contribution in [0.25, 0.3) is 0 Å². The Morgan fingerprint density at radius 3 is 2.84 bits per heavy atom. The molecule has 98 valence electrons. The van der Waals surface area contributed by atoms with E-state index in [-0.39, 0.29) is 11.5 Å². The molecule has 1 amide bonds. The molecule has 0 fully saturated rings. The van der Waals surface area contributed by atoms with Crippen molar-refractivity contribution in [1.82, 2.24) is 5.43 Å². The molecule has 5 nitrogen and oxygen atoms in total. The highest BCUT2D eigenvalue weighted by Crippen LogP contribution is 2.23. The van der Waals surface area contributed by atoms with E-state index in [0.717, 1.165) is 5.56 Å². The van der Waals surface area contributed by atoms with Gasteiger partial charge in [-0.2, -0.15) is 5.10 Å². The highest BCUT2D eigenvalue weighted by Gasteiger charge is 2.07. The molecular weight excluding hydrogens is 312 g/mol. The van der Waals surface area contributed by atoms with Crippen LogP contribution < -0.4 is 5.43 Å². The van der Waals surface area contributed by atoms with Gasteiger partial charge in [-0.3, -0.25) is 4.79 Å². The number of aromatic hydroxyl groups is 1. The van der Waals surface area contributed by atoms with Crippen LogP contribution in [-0.4, -0.2) is 17.2 Å². The van der Waals surface area contributed by atoms with Crippen molar-refractivity contribution in [3.05, 3.63) is 51.9 Å². The molecule has 2 rings (SSSR count). The highest BCUT2D eigenvalue weighted by atomic mass is 79.9. The van der Waals surface area contributed by atoms with E-state index < -0.39 is 5.91 Å². The fraction of sp³-hybridized carbons (Fsp3) is 0.0769. The molecule has 2 N–H and O–H groups in total. The maximum Gasteiger partial charge on any atom is 0.307 e. The van der Waals surface area contributed by atoms with E-state index in [1.165, 1.54) is 12.3 Å². The van der Waals surface area contributed by atoms with Crippen LogP contribution in [0.2, 0.25) is 0 Å². The Balaban J connectivity index is 2.00. The molecular formula is C13H11BrN2O3. The molecule has 1 aromatic heterocycles. The van der Waals surface area contributed by atoms with Crippen LogP contribution in [0.4, 0.5) is 0 Å². The summed E-state index contributed by atoms with van der Waals surface area (Å²) in [6.07, 6.45) is 1.47. The van der Waals surface area contributed by atoms with Gasteiger partial charge in [-0.15, -0.1) is 0 Å². The summed E-state index contributed by atoms with van der Waals surface area (Å²) in [5, 5.41) is 13.1. The number of hydrogen-bond acceptors (Lipinski definition) is 4. The first-order chi connectivity index (χ1) is 9.06. The Kier molecular flexibility index (Phi) is 4.01. The third kappa shape index (κ3) is 3.45. The van der Waals surface area contributed by atoms with Gasteiger partial charge < -0.3 is 9.52 Å². The number of aryl methyl sites for hydroxylation is 1. The first-order valence-corrected chi connectivity index (χ1v) is 6.24. The predicted molar refractivity (Wildman–Crippen MR) is 74.3 cm³/mol. The fourth-order valence-electron chi connectivity index (χ4n) is 1.38. The summed E-state index contributed by atoms with van der Waals surface area (Å²) >= 11 is 3.19. The molecule has 1 aromatic carbocycles. The number of benzene rings is 1. The van der Waals surface area contributed by atoms with Crippen molar-refractivity contribution >= 4 is 28.1 Å². The average molecular weight is 323 g/mol. The lowest BCUT2D eigenvalue weighted by Crippen LogP contribution is -2.16. The minimum absolute atomic E-state index is 0.146. The second kappa shape index (κ2) is 5.71. The fourth-order valence-corrected chi connectivity index (χ4v) is 1.78. The number of carbonyl (C=O) groups is 1. The van der Waals surface area contributed by atoms with Crippen molar-refractivity contribution in [3.63, 3.8) is 0 Å². The minimum atomic E-state index is -0.415. The van der Waals surface area contributed by atoms with E-state index in [4.69, 9.17) is 4.42 Å². The molecule has 0 saturated carbocycles. The molecule has 0 aliphatic heterocycles. The standard InChI is InChI=1S/C13H11BrN2O3/c1-8-2-5-12(19-8)13(18)16-15-7-9-3-4-11(17)10(14)6-9/h2-7,17H,1H3,(H,16,18). The summed E-state index contributed by atoms with van der Waals surface area (Å²) in [7, 11) is 0. The maximum absolute atomic E-state index is 11.6. The topological polar surface area (TPSA) is 74.8 Å². The molecule has 0 bridgehead atoms. The largest absolute Gasteiger partial charge is 0.507 e. The van der Waals surface area contributed by atoms with Crippen LogP contribution in [0.1, 0.15) is 21.9 Å². The summed E-state index contributed by atoms with van der Waals surface area (Å²) in [6, 6.07) is 8.17. The van der Waals surface area contributed by atoms with Crippen LogP contribution in [0, 0.1) is 6.92 Å². The number of halogens is 1. The number of rotatable bonds is 3. The van der Waals surface area contributed by atoms with Crippen molar-refractivity contribution in [2.45, 2.75) is 6.92 Å². The third-order valence-electron chi connectivity index (χ3n) is 2.32. The average Bonchev–Trinajstić information content (AvgIpc) is 2.80. The molecule has 19 heavy (non-hydrogen) atoms. The number of phenolic OH excluding ortho intramolecular Hbond substituents is 1. The zero-order chi connectivity index (χ0) is 13.8. The zero-order valence-corrected chi connectivity index (χ0v) is 11.6. The molecule has 2 aromatic rings. The summed E-state index contributed by atoms with van der Waals surface area (Å²) in [5.74, 6) is 0.604. The number of hydrogen-bond donors (Lipinski definition) is 2. The molecule has 0 spiro atoms. The first kappa shape index (κ1) is 13.4. The van der Waals surface area contributed by atoms with Crippen molar-refractivity contribution in [3.8, 4) is 5.75 Å². The van der Waals surface area contributed by atoms with Crippen LogP contribution in [0.15, 0.2) is 44.3 Å². The molecule has 6 heteroatoms. The summed E-state index contributed by atoms with van der Waals surface area (Å²) in [5.41, 5.74) is 3.09. The normalized spacial score (nSPS) is 10.8. The number of hydrazone groups is 1. The second-order valence-corrected chi connectivity index (χ2v) is 4.67. The molecule has 0 aliphatic carbocycles. The number of furan rings is 1. The van der Waals surface area contributed by atoms with E-state index in [2.05, 4.69) is 26.5 Å². The van der Waals surface area contributed by atoms with E-state index in [1.54, 1.807) is 31.2 Å². The smallest absolute Gasteiger partial charge is 0.307 e. The van der Waals surface area contributed by atoms with E-state index in [0.29, 0.717) is 10.2 Å². The summed E-state index contributed by atoms with van der Waals surface area (Å²) in [4.78, 5) is 11.6. The van der Waals surface area contributed by atoms with Crippen molar-refractivity contribution in [2.75, 3.05) is 0 Å². The van der Waals surface area contributed by atoms with Gasteiger partial charge in [0.2, 0.25) is 0 Å². The van der Waals surface area contributed by atoms with Gasteiger partial charge in [0.05, 0.1) is 10.7 Å². The number of phenols is 1. The first-order valence-electron chi connectivity index (χ1n) is 5.44. The van der Waals surface area contributed by atoms with E-state index in [1.807, 2.05) is 0 Å². The van der Waals surface area contributed by atoms with Crippen LogP contribution >= 0.6 is 15.9 Å². The molecule has 0 unspecified atom stereocenters. The number of carbonyl (C=O) groups excluding carboxylic acids is 1. The lowest BCUT2D eigenvalue weighted by atomic mass is 10.2. The molecule has 0 atom stereocenters. The van der Waals surface area contributed by atoms with Gasteiger partial charge in [-0.1, -0.05) is 0 Å². The number of nitrogens with zero attached hydrogens (tertiary/aromatic N) is 1. The van der Waals surface area contributed by atoms with Gasteiger partial charge in [0.1, 0.15) is 11.5 Å². The van der Waals surface area contributed by atoms with Gasteiger partial charge in [-0.05, 0) is 58.7 Å². The van der Waals surface area contributed by atoms with Crippen molar-refractivity contribution in [1.29, 1.82) is 0 Å². The monoisotopic (exact) mass is 322 g/mol. The third-order valence-corrected chi connectivity index (χ3v) is 2.95. The van der Waals surface area contributed by atoms with E-state index >= 15 is 0 Å². The van der Waals surface area contributed by atoms with E-state index in [9.17, 15) is 9.90 Å².